The highest BCUT2D eigenvalue weighted by Gasteiger charge is 2.07. The summed E-state index contributed by atoms with van der Waals surface area (Å²) in [6.07, 6.45) is 4.54. The Balaban J connectivity index is 0.00000200. The molecule has 2 aromatic rings. The molecule has 19 heavy (non-hydrogen) atoms. The third-order valence-corrected chi connectivity index (χ3v) is 2.50. The Morgan fingerprint density at radius 2 is 2.42 bits per heavy atom. The second-order valence-corrected chi connectivity index (χ2v) is 3.73. The van der Waals surface area contributed by atoms with E-state index in [0.717, 1.165) is 10.9 Å². The summed E-state index contributed by atoms with van der Waals surface area (Å²) in [5, 5.41) is 0.869. The van der Waals surface area contributed by atoms with Crippen LogP contribution in [0.5, 0.6) is 5.75 Å². The number of Topliss-reactive ketones (excluding diaryl/α,β-unsaturated/α-hetero) is 1. The molecule has 0 bridgehead atoms. The van der Waals surface area contributed by atoms with Crippen molar-refractivity contribution in [2.45, 2.75) is 6.92 Å². The van der Waals surface area contributed by atoms with E-state index in [1.807, 2.05) is 6.07 Å². The standard InChI is InChI=1S/C12H13N5O2.H2/c1-7(18)11(13)16-6-17-12-10-8(3-4-14-10)9(19-2)5-15-12;/h3-6,14H,1-2H3,(H2,13,15,16,17);1H. The number of ketones is 1. The fourth-order valence-electron chi connectivity index (χ4n) is 1.51. The first-order valence-electron chi connectivity index (χ1n) is 5.50. The van der Waals surface area contributed by atoms with Crippen LogP contribution in [0.3, 0.4) is 0 Å². The SMILES string of the molecule is COc1cnc(N=CN=C(N)C(C)=O)c2[nH]ccc12.[HH]. The average molecular weight is 261 g/mol. The number of carbonyl (C=O) groups is 1. The van der Waals surface area contributed by atoms with Crippen LogP contribution in [-0.4, -0.2) is 35.0 Å². The second-order valence-electron chi connectivity index (χ2n) is 3.73. The molecule has 100 valence electrons. The van der Waals surface area contributed by atoms with Gasteiger partial charge in [0, 0.05) is 19.9 Å². The van der Waals surface area contributed by atoms with Crippen molar-refractivity contribution in [2.24, 2.45) is 15.7 Å². The molecule has 0 atom stereocenters. The topological polar surface area (TPSA) is 106 Å². The van der Waals surface area contributed by atoms with Gasteiger partial charge in [-0.2, -0.15) is 0 Å². The summed E-state index contributed by atoms with van der Waals surface area (Å²) < 4.78 is 5.19. The molecule has 0 aliphatic carbocycles. The number of carbonyl (C=O) groups excluding carboxylic acids is 1. The molecule has 0 spiro atoms. The zero-order chi connectivity index (χ0) is 13.8. The maximum atomic E-state index is 10.9. The highest BCUT2D eigenvalue weighted by molar-refractivity contribution is 6.38. The molecule has 2 rings (SSSR count). The Kier molecular flexibility index (Phi) is 3.56. The Morgan fingerprint density at radius 3 is 3.11 bits per heavy atom. The second kappa shape index (κ2) is 5.30. The van der Waals surface area contributed by atoms with Crippen molar-refractivity contribution in [1.29, 1.82) is 0 Å². The lowest BCUT2D eigenvalue weighted by Gasteiger charge is -2.02. The number of nitrogens with one attached hydrogen (secondary N) is 1. The molecule has 0 amide bonds. The first kappa shape index (κ1) is 12.7. The number of amidine groups is 1. The zero-order valence-corrected chi connectivity index (χ0v) is 10.5. The predicted molar refractivity (Wildman–Crippen MR) is 75.2 cm³/mol. The molecule has 2 heterocycles. The van der Waals surface area contributed by atoms with Gasteiger partial charge in [-0.1, -0.05) is 0 Å². The number of methoxy groups -OCH3 is 1. The number of aliphatic imine (C=N–C) groups is 2. The van der Waals surface area contributed by atoms with Crippen molar-refractivity contribution in [3.63, 3.8) is 0 Å². The number of hydrogen-bond acceptors (Lipinski definition) is 4. The van der Waals surface area contributed by atoms with E-state index in [2.05, 4.69) is 20.0 Å². The van der Waals surface area contributed by atoms with Crippen LogP contribution in [-0.2, 0) is 4.79 Å². The normalized spacial score (nSPS) is 12.2. The number of aromatic nitrogens is 2. The third kappa shape index (κ3) is 2.59. The molecule has 2 aromatic heterocycles. The summed E-state index contributed by atoms with van der Waals surface area (Å²) in [5.74, 6) is 0.696. The predicted octanol–water partition coefficient (Wildman–Crippen LogP) is 1.42. The largest absolute Gasteiger partial charge is 0.494 e. The Hall–Kier alpha value is -2.70. The lowest BCUT2D eigenvalue weighted by Crippen LogP contribution is -2.20. The third-order valence-electron chi connectivity index (χ3n) is 2.50. The molecule has 0 aliphatic heterocycles. The Labute approximate surface area is 110 Å². The molecule has 0 aromatic carbocycles. The molecular formula is C12H15N5O2. The summed E-state index contributed by atoms with van der Waals surface area (Å²) >= 11 is 0. The van der Waals surface area contributed by atoms with Gasteiger partial charge in [0.2, 0.25) is 0 Å². The van der Waals surface area contributed by atoms with Gasteiger partial charge in [0.05, 0.1) is 18.8 Å². The molecular weight excluding hydrogens is 246 g/mol. The summed E-state index contributed by atoms with van der Waals surface area (Å²) in [6, 6.07) is 1.86. The van der Waals surface area contributed by atoms with Gasteiger partial charge in [0.1, 0.15) is 12.1 Å². The monoisotopic (exact) mass is 261 g/mol. The zero-order valence-electron chi connectivity index (χ0n) is 10.5. The van der Waals surface area contributed by atoms with Crippen molar-refractivity contribution in [1.82, 2.24) is 9.97 Å². The number of ether oxygens (including phenoxy) is 1. The number of aromatic amines is 1. The number of hydrogen-bond donors (Lipinski definition) is 2. The van der Waals surface area contributed by atoms with Gasteiger partial charge in [-0.15, -0.1) is 0 Å². The van der Waals surface area contributed by atoms with Crippen molar-refractivity contribution < 1.29 is 11.0 Å². The molecule has 7 nitrogen and oxygen atoms in total. The maximum Gasteiger partial charge on any atom is 0.194 e. The van der Waals surface area contributed by atoms with Crippen molar-refractivity contribution >= 4 is 34.7 Å². The van der Waals surface area contributed by atoms with E-state index in [4.69, 9.17) is 10.5 Å². The molecule has 0 saturated heterocycles. The van der Waals surface area contributed by atoms with Crippen molar-refractivity contribution in [3.05, 3.63) is 18.5 Å². The van der Waals surface area contributed by atoms with Gasteiger partial charge in [-0.25, -0.2) is 15.0 Å². The van der Waals surface area contributed by atoms with Crippen LogP contribution in [0, 0.1) is 0 Å². The quantitative estimate of drug-likeness (QED) is 0.641. The van der Waals surface area contributed by atoms with E-state index in [1.165, 1.54) is 13.3 Å². The highest BCUT2D eigenvalue weighted by Crippen LogP contribution is 2.29. The molecule has 0 aliphatic rings. The van der Waals surface area contributed by atoms with E-state index in [9.17, 15) is 4.79 Å². The summed E-state index contributed by atoms with van der Waals surface area (Å²) in [6.45, 7) is 1.33. The Bertz CT molecular complexity index is 678. The summed E-state index contributed by atoms with van der Waals surface area (Å²) in [7, 11) is 1.57. The molecule has 0 fully saturated rings. The number of H-pyrrole nitrogens is 1. The summed E-state index contributed by atoms with van der Waals surface area (Å²) in [4.78, 5) is 25.8. The van der Waals surface area contributed by atoms with E-state index in [-0.39, 0.29) is 13.0 Å². The van der Waals surface area contributed by atoms with Gasteiger partial charge >= 0.3 is 0 Å². The van der Waals surface area contributed by atoms with Crippen LogP contribution in [0.2, 0.25) is 0 Å². The first-order chi connectivity index (χ1) is 9.13. The highest BCUT2D eigenvalue weighted by atomic mass is 16.5. The summed E-state index contributed by atoms with van der Waals surface area (Å²) in [5.41, 5.74) is 6.11. The minimum Gasteiger partial charge on any atom is -0.494 e. The minimum atomic E-state index is -0.306. The molecule has 3 N–H and O–H groups in total. The van der Waals surface area contributed by atoms with Gasteiger partial charge in [-0.3, -0.25) is 4.79 Å². The molecule has 7 heteroatoms. The number of pyridine rings is 1. The molecule has 0 unspecified atom stereocenters. The van der Waals surface area contributed by atoms with Crippen molar-refractivity contribution in [2.75, 3.05) is 7.11 Å². The van der Waals surface area contributed by atoms with Crippen LogP contribution in [0.4, 0.5) is 5.82 Å². The van der Waals surface area contributed by atoms with Crippen LogP contribution < -0.4 is 10.5 Å². The van der Waals surface area contributed by atoms with Gasteiger partial charge < -0.3 is 15.5 Å². The van der Waals surface area contributed by atoms with E-state index >= 15 is 0 Å². The number of rotatable bonds is 4. The van der Waals surface area contributed by atoms with Crippen LogP contribution in [0.15, 0.2) is 28.4 Å². The average Bonchev–Trinajstić information content (AvgIpc) is 2.88. The smallest absolute Gasteiger partial charge is 0.194 e. The van der Waals surface area contributed by atoms with Gasteiger partial charge in [0.15, 0.2) is 17.4 Å². The number of fused-ring (bicyclic) bond motifs is 1. The van der Waals surface area contributed by atoms with E-state index in [0.29, 0.717) is 11.6 Å². The lowest BCUT2D eigenvalue weighted by molar-refractivity contribution is -0.111. The van der Waals surface area contributed by atoms with Crippen LogP contribution in [0.1, 0.15) is 8.35 Å². The fourth-order valence-corrected chi connectivity index (χ4v) is 1.51. The maximum absolute atomic E-state index is 10.9. The fraction of sp³-hybridized carbons (Fsp3) is 0.167. The molecule has 0 saturated carbocycles. The van der Waals surface area contributed by atoms with E-state index in [1.54, 1.807) is 19.5 Å². The van der Waals surface area contributed by atoms with Crippen LogP contribution >= 0.6 is 0 Å². The van der Waals surface area contributed by atoms with Gasteiger partial charge in [-0.05, 0) is 6.07 Å². The van der Waals surface area contributed by atoms with E-state index < -0.39 is 0 Å². The first-order valence-corrected chi connectivity index (χ1v) is 5.50. The van der Waals surface area contributed by atoms with Crippen molar-refractivity contribution in [3.8, 4) is 5.75 Å². The lowest BCUT2D eigenvalue weighted by atomic mass is 10.3. The molecule has 0 radical (unpaired) electrons. The van der Waals surface area contributed by atoms with Crippen LogP contribution in [0.25, 0.3) is 10.9 Å². The van der Waals surface area contributed by atoms with Gasteiger partial charge in [0.25, 0.3) is 0 Å². The minimum absolute atomic E-state index is 0. The number of nitrogens with zero attached hydrogens (tertiary/aromatic N) is 3. The Morgan fingerprint density at radius 1 is 1.63 bits per heavy atom. The number of nitrogens with two attached hydrogens (primary N) is 1.